The molecule has 1 N–H and O–H groups in total. The fourth-order valence-corrected chi connectivity index (χ4v) is 2.02. The van der Waals surface area contributed by atoms with Crippen LogP contribution in [-0.4, -0.2) is 24.2 Å². The summed E-state index contributed by atoms with van der Waals surface area (Å²) in [5.74, 6) is 0.705. The molecule has 2 heterocycles. The molecule has 1 unspecified atom stereocenters. The largest absolute Gasteiger partial charge is 0.441 e. The van der Waals surface area contributed by atoms with Crippen LogP contribution in [0.3, 0.4) is 0 Å². The van der Waals surface area contributed by atoms with Gasteiger partial charge in [-0.3, -0.25) is 0 Å². The average Bonchev–Trinajstić information content (AvgIpc) is 2.85. The third-order valence-electron chi connectivity index (χ3n) is 2.79. The van der Waals surface area contributed by atoms with Crippen molar-refractivity contribution in [1.29, 1.82) is 0 Å². The summed E-state index contributed by atoms with van der Waals surface area (Å²) in [5, 5.41) is 3.44. The Labute approximate surface area is 93.6 Å². The minimum absolute atomic E-state index is 0.422. The van der Waals surface area contributed by atoms with Crippen LogP contribution >= 0.6 is 0 Å². The molecule has 2 aromatic rings. The van der Waals surface area contributed by atoms with Crippen molar-refractivity contribution in [3.8, 4) is 0 Å². The predicted octanol–water partition coefficient (Wildman–Crippen LogP) is 2.34. The Morgan fingerprint density at radius 3 is 3.19 bits per heavy atom. The van der Waals surface area contributed by atoms with Crippen LogP contribution < -0.4 is 5.32 Å². The standard InChI is InChI=1S/C12H14N2O2/c1-8-13-11-6-9(2-3-12(11)16-8)14-10-4-5-15-7-10/h2-3,6,10,14H,4-5,7H2,1H3. The first-order valence-electron chi connectivity index (χ1n) is 5.53. The van der Waals surface area contributed by atoms with E-state index >= 15 is 0 Å². The number of oxazole rings is 1. The maximum Gasteiger partial charge on any atom is 0.192 e. The molecule has 1 aliphatic rings. The second-order valence-corrected chi connectivity index (χ2v) is 4.12. The van der Waals surface area contributed by atoms with E-state index < -0.39 is 0 Å². The molecular formula is C12H14N2O2. The first-order chi connectivity index (χ1) is 7.81. The zero-order valence-corrected chi connectivity index (χ0v) is 9.19. The number of ether oxygens (including phenoxy) is 1. The van der Waals surface area contributed by atoms with Crippen LogP contribution in [0.15, 0.2) is 22.6 Å². The third-order valence-corrected chi connectivity index (χ3v) is 2.79. The van der Waals surface area contributed by atoms with Crippen molar-refractivity contribution in [3.05, 3.63) is 24.1 Å². The second-order valence-electron chi connectivity index (χ2n) is 4.12. The lowest BCUT2D eigenvalue weighted by Gasteiger charge is -2.11. The molecule has 3 rings (SSSR count). The van der Waals surface area contributed by atoms with E-state index in [9.17, 15) is 0 Å². The number of hydrogen-bond acceptors (Lipinski definition) is 4. The summed E-state index contributed by atoms with van der Waals surface area (Å²) in [4.78, 5) is 4.31. The van der Waals surface area contributed by atoms with E-state index in [-0.39, 0.29) is 0 Å². The number of nitrogens with one attached hydrogen (secondary N) is 1. The number of nitrogens with zero attached hydrogens (tertiary/aromatic N) is 1. The van der Waals surface area contributed by atoms with Gasteiger partial charge in [-0.25, -0.2) is 4.98 Å². The summed E-state index contributed by atoms with van der Waals surface area (Å²) in [5.41, 5.74) is 2.82. The van der Waals surface area contributed by atoms with E-state index in [0.29, 0.717) is 11.9 Å². The summed E-state index contributed by atoms with van der Waals surface area (Å²) in [7, 11) is 0. The molecule has 0 aliphatic carbocycles. The van der Waals surface area contributed by atoms with Crippen molar-refractivity contribution in [2.24, 2.45) is 0 Å². The Morgan fingerprint density at radius 1 is 1.44 bits per heavy atom. The van der Waals surface area contributed by atoms with Gasteiger partial charge in [-0.1, -0.05) is 0 Å². The quantitative estimate of drug-likeness (QED) is 0.840. The van der Waals surface area contributed by atoms with E-state index in [4.69, 9.17) is 9.15 Å². The van der Waals surface area contributed by atoms with E-state index in [2.05, 4.69) is 10.3 Å². The van der Waals surface area contributed by atoms with Crippen molar-refractivity contribution in [3.63, 3.8) is 0 Å². The molecule has 1 aromatic carbocycles. The van der Waals surface area contributed by atoms with Crippen LogP contribution in [0.4, 0.5) is 5.69 Å². The molecule has 84 valence electrons. The van der Waals surface area contributed by atoms with E-state index in [1.807, 2.05) is 25.1 Å². The van der Waals surface area contributed by atoms with Crippen molar-refractivity contribution < 1.29 is 9.15 Å². The Balaban J connectivity index is 1.86. The van der Waals surface area contributed by atoms with Crippen molar-refractivity contribution in [1.82, 2.24) is 4.98 Å². The molecule has 16 heavy (non-hydrogen) atoms. The summed E-state index contributed by atoms with van der Waals surface area (Å²) in [6, 6.07) is 6.41. The Bertz CT molecular complexity index is 501. The van der Waals surface area contributed by atoms with Gasteiger partial charge < -0.3 is 14.5 Å². The molecule has 0 saturated carbocycles. The topological polar surface area (TPSA) is 47.3 Å². The van der Waals surface area contributed by atoms with Gasteiger partial charge in [-0.15, -0.1) is 0 Å². The van der Waals surface area contributed by atoms with Crippen molar-refractivity contribution >= 4 is 16.8 Å². The number of aromatic nitrogens is 1. The lowest BCUT2D eigenvalue weighted by Crippen LogP contribution is -2.18. The van der Waals surface area contributed by atoms with Gasteiger partial charge >= 0.3 is 0 Å². The van der Waals surface area contributed by atoms with E-state index in [0.717, 1.165) is 36.4 Å². The fourth-order valence-electron chi connectivity index (χ4n) is 2.02. The number of aryl methyl sites for hydroxylation is 1. The number of anilines is 1. The number of benzene rings is 1. The van der Waals surface area contributed by atoms with Gasteiger partial charge in [-0.2, -0.15) is 0 Å². The average molecular weight is 218 g/mol. The van der Waals surface area contributed by atoms with Crippen LogP contribution in [0.1, 0.15) is 12.3 Å². The van der Waals surface area contributed by atoms with E-state index in [1.54, 1.807) is 0 Å². The summed E-state index contributed by atoms with van der Waals surface area (Å²) in [6.45, 7) is 3.50. The molecule has 4 nitrogen and oxygen atoms in total. The molecule has 1 fully saturated rings. The maximum absolute atomic E-state index is 5.43. The summed E-state index contributed by atoms with van der Waals surface area (Å²) < 4.78 is 10.8. The lowest BCUT2D eigenvalue weighted by molar-refractivity contribution is 0.195. The van der Waals surface area contributed by atoms with Crippen molar-refractivity contribution in [2.75, 3.05) is 18.5 Å². The molecule has 1 atom stereocenters. The van der Waals surface area contributed by atoms with Crippen LogP contribution in [0.5, 0.6) is 0 Å². The predicted molar refractivity (Wildman–Crippen MR) is 61.6 cm³/mol. The monoisotopic (exact) mass is 218 g/mol. The zero-order chi connectivity index (χ0) is 11.0. The molecular weight excluding hydrogens is 204 g/mol. The number of hydrogen-bond donors (Lipinski definition) is 1. The zero-order valence-electron chi connectivity index (χ0n) is 9.19. The molecule has 0 bridgehead atoms. The normalized spacial score (nSPS) is 20.4. The first-order valence-corrected chi connectivity index (χ1v) is 5.53. The van der Waals surface area contributed by atoms with Gasteiger partial charge in [0.1, 0.15) is 5.52 Å². The molecule has 4 heteroatoms. The molecule has 1 aliphatic heterocycles. The smallest absolute Gasteiger partial charge is 0.192 e. The van der Waals surface area contributed by atoms with Crippen LogP contribution in [0.25, 0.3) is 11.1 Å². The lowest BCUT2D eigenvalue weighted by atomic mass is 10.2. The minimum atomic E-state index is 0.422. The highest BCUT2D eigenvalue weighted by molar-refractivity contribution is 5.77. The van der Waals surface area contributed by atoms with Crippen LogP contribution in [-0.2, 0) is 4.74 Å². The summed E-state index contributed by atoms with van der Waals surface area (Å²) in [6.07, 6.45) is 1.07. The highest BCUT2D eigenvalue weighted by atomic mass is 16.5. The minimum Gasteiger partial charge on any atom is -0.441 e. The van der Waals surface area contributed by atoms with Gasteiger partial charge in [0.15, 0.2) is 11.5 Å². The second kappa shape index (κ2) is 3.79. The molecule has 0 spiro atoms. The van der Waals surface area contributed by atoms with Gasteiger partial charge in [0, 0.05) is 19.2 Å². The molecule has 0 amide bonds. The Kier molecular flexibility index (Phi) is 2.29. The summed E-state index contributed by atoms with van der Waals surface area (Å²) >= 11 is 0. The van der Waals surface area contributed by atoms with Crippen molar-refractivity contribution in [2.45, 2.75) is 19.4 Å². The number of rotatable bonds is 2. The third kappa shape index (κ3) is 1.76. The first kappa shape index (κ1) is 9.66. The maximum atomic E-state index is 5.43. The molecule has 0 radical (unpaired) electrons. The SMILES string of the molecule is Cc1nc2cc(NC3CCOC3)ccc2o1. The van der Waals surface area contributed by atoms with E-state index in [1.165, 1.54) is 0 Å². The van der Waals surface area contributed by atoms with Crippen LogP contribution in [0, 0.1) is 6.92 Å². The van der Waals surface area contributed by atoms with Gasteiger partial charge in [-0.05, 0) is 24.6 Å². The van der Waals surface area contributed by atoms with Gasteiger partial charge in [0.05, 0.1) is 12.6 Å². The van der Waals surface area contributed by atoms with Gasteiger partial charge in [0.25, 0.3) is 0 Å². The Morgan fingerprint density at radius 2 is 2.38 bits per heavy atom. The Hall–Kier alpha value is -1.55. The fraction of sp³-hybridized carbons (Fsp3) is 0.417. The molecule has 1 saturated heterocycles. The molecule has 1 aromatic heterocycles. The number of fused-ring (bicyclic) bond motifs is 1. The van der Waals surface area contributed by atoms with Gasteiger partial charge in [0.2, 0.25) is 0 Å². The van der Waals surface area contributed by atoms with Crippen LogP contribution in [0.2, 0.25) is 0 Å². The highest BCUT2D eigenvalue weighted by Gasteiger charge is 2.15. The highest BCUT2D eigenvalue weighted by Crippen LogP contribution is 2.21.